The van der Waals surface area contributed by atoms with Crippen molar-refractivity contribution >= 4 is 34.6 Å². The zero-order valence-electron chi connectivity index (χ0n) is 11.8. The second-order valence-corrected chi connectivity index (χ2v) is 5.58. The minimum absolute atomic E-state index is 0.0268. The van der Waals surface area contributed by atoms with Crippen LogP contribution in [0.5, 0.6) is 0 Å². The van der Waals surface area contributed by atoms with Crippen molar-refractivity contribution in [2.45, 2.75) is 6.92 Å². The molecule has 0 radical (unpaired) electrons. The first kappa shape index (κ1) is 13.9. The standard InChI is InChI=1S/C14H15ClN4O2/c1-9(20)10-5-11(15)12-6-16-8-19(12)14(10)18-4-3-17(2)13(21)7-18/h5-6,8H,3-4,7H2,1-2H3. The lowest BCUT2D eigenvalue weighted by molar-refractivity contribution is -0.129. The van der Waals surface area contributed by atoms with Crippen molar-refractivity contribution in [3.8, 4) is 0 Å². The summed E-state index contributed by atoms with van der Waals surface area (Å²) in [6, 6.07) is 1.65. The van der Waals surface area contributed by atoms with E-state index in [2.05, 4.69) is 4.98 Å². The fourth-order valence-corrected chi connectivity index (χ4v) is 2.81. The quantitative estimate of drug-likeness (QED) is 0.788. The molecule has 1 aliphatic heterocycles. The predicted molar refractivity (Wildman–Crippen MR) is 80.1 cm³/mol. The fraction of sp³-hybridized carbons (Fsp3) is 0.357. The Morgan fingerprint density at radius 2 is 2.14 bits per heavy atom. The third-order valence-corrected chi connectivity index (χ3v) is 4.06. The number of halogens is 1. The minimum atomic E-state index is -0.0890. The molecule has 3 rings (SSSR count). The van der Waals surface area contributed by atoms with Crippen LogP contribution in [0.4, 0.5) is 5.82 Å². The molecule has 0 bridgehead atoms. The van der Waals surface area contributed by atoms with Crippen LogP contribution in [0.15, 0.2) is 18.6 Å². The summed E-state index contributed by atoms with van der Waals surface area (Å²) in [6.07, 6.45) is 3.26. The SMILES string of the molecule is CC(=O)c1cc(Cl)c2cncn2c1N1CCN(C)C(=O)C1. The highest BCUT2D eigenvalue weighted by molar-refractivity contribution is 6.34. The Kier molecular flexibility index (Phi) is 3.33. The molecule has 110 valence electrons. The number of imidazole rings is 1. The van der Waals surface area contributed by atoms with Gasteiger partial charge in [-0.05, 0) is 13.0 Å². The van der Waals surface area contributed by atoms with Crippen molar-refractivity contribution in [3.05, 3.63) is 29.2 Å². The molecule has 0 N–H and O–H groups in total. The zero-order valence-corrected chi connectivity index (χ0v) is 12.6. The lowest BCUT2D eigenvalue weighted by atomic mass is 10.1. The summed E-state index contributed by atoms with van der Waals surface area (Å²) < 4.78 is 1.78. The molecular weight excluding hydrogens is 292 g/mol. The second-order valence-electron chi connectivity index (χ2n) is 5.17. The number of rotatable bonds is 2. The Morgan fingerprint density at radius 1 is 1.38 bits per heavy atom. The van der Waals surface area contributed by atoms with E-state index in [0.717, 1.165) is 5.52 Å². The van der Waals surface area contributed by atoms with Crippen molar-refractivity contribution in [2.24, 2.45) is 0 Å². The van der Waals surface area contributed by atoms with Crippen LogP contribution < -0.4 is 4.90 Å². The highest BCUT2D eigenvalue weighted by atomic mass is 35.5. The van der Waals surface area contributed by atoms with Gasteiger partial charge in [0.05, 0.1) is 28.8 Å². The van der Waals surface area contributed by atoms with Gasteiger partial charge in [-0.3, -0.25) is 14.0 Å². The number of Topliss-reactive ketones (excluding diaryl/α,β-unsaturated/α-hetero) is 1. The van der Waals surface area contributed by atoms with Crippen LogP contribution >= 0.6 is 11.6 Å². The van der Waals surface area contributed by atoms with Gasteiger partial charge in [-0.1, -0.05) is 11.6 Å². The summed E-state index contributed by atoms with van der Waals surface area (Å²) in [6.45, 7) is 3.02. The first-order chi connectivity index (χ1) is 9.99. The molecule has 0 saturated carbocycles. The summed E-state index contributed by atoms with van der Waals surface area (Å²) in [5.41, 5.74) is 1.23. The van der Waals surface area contributed by atoms with E-state index >= 15 is 0 Å². The Hall–Kier alpha value is -2.08. The second kappa shape index (κ2) is 5.04. The fourth-order valence-electron chi connectivity index (χ4n) is 2.56. The third kappa shape index (κ3) is 2.25. The molecule has 1 fully saturated rings. The van der Waals surface area contributed by atoms with Gasteiger partial charge in [0.15, 0.2) is 5.78 Å². The number of anilines is 1. The van der Waals surface area contributed by atoms with Crippen LogP contribution in [0.25, 0.3) is 5.52 Å². The molecule has 21 heavy (non-hydrogen) atoms. The molecule has 0 spiro atoms. The average Bonchev–Trinajstić information content (AvgIpc) is 2.91. The number of pyridine rings is 1. The number of hydrogen-bond donors (Lipinski definition) is 0. The number of hydrogen-bond acceptors (Lipinski definition) is 4. The molecule has 0 aromatic carbocycles. The highest BCUT2D eigenvalue weighted by Gasteiger charge is 2.26. The summed E-state index contributed by atoms with van der Waals surface area (Å²) in [5.74, 6) is 0.619. The molecule has 1 aliphatic rings. The number of carbonyl (C=O) groups excluding carboxylic acids is 2. The molecule has 0 aliphatic carbocycles. The predicted octanol–water partition coefficient (Wildman–Crippen LogP) is 1.47. The Labute approximate surface area is 126 Å². The van der Waals surface area contributed by atoms with Crippen LogP contribution in [0.2, 0.25) is 5.02 Å². The first-order valence-corrected chi connectivity index (χ1v) is 7.01. The van der Waals surface area contributed by atoms with E-state index in [1.54, 1.807) is 34.9 Å². The Bertz CT molecular complexity index is 740. The van der Waals surface area contributed by atoms with Crippen LogP contribution in [-0.4, -0.2) is 52.7 Å². The Balaban J connectivity index is 2.18. The maximum Gasteiger partial charge on any atom is 0.241 e. The van der Waals surface area contributed by atoms with E-state index in [1.165, 1.54) is 6.92 Å². The van der Waals surface area contributed by atoms with Gasteiger partial charge in [0.25, 0.3) is 0 Å². The Morgan fingerprint density at radius 3 is 2.81 bits per heavy atom. The van der Waals surface area contributed by atoms with Gasteiger partial charge in [0, 0.05) is 20.1 Å². The smallest absolute Gasteiger partial charge is 0.241 e. The van der Waals surface area contributed by atoms with Crippen LogP contribution in [-0.2, 0) is 4.79 Å². The molecule has 6 nitrogen and oxygen atoms in total. The van der Waals surface area contributed by atoms with Gasteiger partial charge >= 0.3 is 0 Å². The van der Waals surface area contributed by atoms with E-state index < -0.39 is 0 Å². The number of piperazine rings is 1. The van der Waals surface area contributed by atoms with Crippen molar-refractivity contribution in [1.82, 2.24) is 14.3 Å². The van der Waals surface area contributed by atoms with Crippen molar-refractivity contribution in [2.75, 3.05) is 31.6 Å². The van der Waals surface area contributed by atoms with E-state index in [-0.39, 0.29) is 18.2 Å². The number of amides is 1. The van der Waals surface area contributed by atoms with Gasteiger partial charge in [-0.25, -0.2) is 4.98 Å². The molecule has 2 aromatic rings. The normalized spacial score (nSPS) is 15.9. The molecule has 0 unspecified atom stereocenters. The van der Waals surface area contributed by atoms with E-state index in [1.807, 2.05) is 4.90 Å². The zero-order chi connectivity index (χ0) is 15.1. The van der Waals surface area contributed by atoms with Crippen molar-refractivity contribution in [1.29, 1.82) is 0 Å². The minimum Gasteiger partial charge on any atom is -0.346 e. The number of fused-ring (bicyclic) bond motifs is 1. The van der Waals surface area contributed by atoms with E-state index in [0.29, 0.717) is 29.5 Å². The van der Waals surface area contributed by atoms with Crippen LogP contribution in [0, 0.1) is 0 Å². The van der Waals surface area contributed by atoms with Gasteiger partial charge < -0.3 is 9.80 Å². The highest BCUT2D eigenvalue weighted by Crippen LogP contribution is 2.29. The summed E-state index contributed by atoms with van der Waals surface area (Å²) >= 11 is 6.20. The van der Waals surface area contributed by atoms with Crippen molar-refractivity contribution in [3.63, 3.8) is 0 Å². The third-order valence-electron chi connectivity index (χ3n) is 3.76. The average molecular weight is 307 g/mol. The number of ketones is 1. The number of carbonyl (C=O) groups is 2. The molecule has 3 heterocycles. The van der Waals surface area contributed by atoms with E-state index in [4.69, 9.17) is 11.6 Å². The molecular formula is C14H15ClN4O2. The lowest BCUT2D eigenvalue weighted by Gasteiger charge is -2.34. The topological polar surface area (TPSA) is 57.9 Å². The van der Waals surface area contributed by atoms with Gasteiger partial charge in [-0.15, -0.1) is 0 Å². The summed E-state index contributed by atoms with van der Waals surface area (Å²) in [4.78, 5) is 31.6. The van der Waals surface area contributed by atoms with Gasteiger partial charge in [0.2, 0.25) is 5.91 Å². The van der Waals surface area contributed by atoms with Gasteiger partial charge in [0.1, 0.15) is 12.1 Å². The number of nitrogens with zero attached hydrogens (tertiary/aromatic N) is 4. The molecule has 7 heteroatoms. The number of aromatic nitrogens is 2. The summed E-state index contributed by atoms with van der Waals surface area (Å²) in [7, 11) is 1.78. The van der Waals surface area contributed by atoms with Gasteiger partial charge in [-0.2, -0.15) is 0 Å². The molecule has 2 aromatic heterocycles. The van der Waals surface area contributed by atoms with Crippen LogP contribution in [0.3, 0.4) is 0 Å². The molecule has 0 atom stereocenters. The van der Waals surface area contributed by atoms with Crippen LogP contribution in [0.1, 0.15) is 17.3 Å². The molecule has 1 amide bonds. The first-order valence-electron chi connectivity index (χ1n) is 6.63. The summed E-state index contributed by atoms with van der Waals surface area (Å²) in [5, 5.41) is 0.474. The maximum atomic E-state index is 12.0. The monoisotopic (exact) mass is 306 g/mol. The lowest BCUT2D eigenvalue weighted by Crippen LogP contribution is -2.49. The largest absolute Gasteiger partial charge is 0.346 e. The van der Waals surface area contributed by atoms with E-state index in [9.17, 15) is 9.59 Å². The maximum absolute atomic E-state index is 12.0. The number of likely N-dealkylation sites (N-methyl/N-ethyl adjacent to an activating group) is 1. The van der Waals surface area contributed by atoms with Crippen molar-refractivity contribution < 1.29 is 9.59 Å². The molecule has 1 saturated heterocycles.